The number of hydrogen-bond acceptors (Lipinski definition) is 2. The number of ether oxygens (including phenoxy) is 1. The van der Waals surface area contributed by atoms with Gasteiger partial charge in [-0.2, -0.15) is 0 Å². The van der Waals surface area contributed by atoms with Gasteiger partial charge < -0.3 is 14.2 Å². The first-order chi connectivity index (χ1) is 29.4. The van der Waals surface area contributed by atoms with Crippen molar-refractivity contribution < 1.29 is 4.74 Å². The Morgan fingerprint density at radius 3 is 2.00 bits per heavy atom. The number of aromatic nitrogens is 1. The van der Waals surface area contributed by atoms with Crippen LogP contribution in [0.4, 0.5) is 22.7 Å². The van der Waals surface area contributed by atoms with Crippen molar-refractivity contribution in [2.45, 2.75) is 19.3 Å². The van der Waals surface area contributed by atoms with Gasteiger partial charge in [0.05, 0.1) is 17.6 Å². The van der Waals surface area contributed by atoms with Crippen molar-refractivity contribution in [1.29, 1.82) is 0 Å². The average molecular weight is 768 g/mol. The lowest BCUT2D eigenvalue weighted by atomic mass is 9.82. The predicted octanol–water partition coefficient (Wildman–Crippen LogP) is 15.7. The topological polar surface area (TPSA) is 21.8 Å². The highest BCUT2D eigenvalue weighted by Crippen LogP contribution is 2.52. The lowest BCUT2D eigenvalue weighted by Gasteiger charge is -2.29. The number of benzene rings is 9. The van der Waals surface area contributed by atoms with Crippen LogP contribution >= 0.6 is 0 Å². The fourth-order valence-corrected chi connectivity index (χ4v) is 9.88. The van der Waals surface area contributed by atoms with Crippen molar-refractivity contribution in [3.63, 3.8) is 0 Å². The van der Waals surface area contributed by atoms with E-state index in [0.29, 0.717) is 5.69 Å². The molecule has 0 radical (unpaired) electrons. The van der Waals surface area contributed by atoms with Gasteiger partial charge in [0.2, 0.25) is 0 Å². The first kappa shape index (κ1) is 34.2. The van der Waals surface area contributed by atoms with Crippen LogP contribution in [0.5, 0.6) is 11.5 Å². The molecular formula is C56H37N3O. The number of rotatable bonds is 5. The number of hydrogen-bond donors (Lipinski definition) is 0. The minimum atomic E-state index is -0.137. The molecule has 2 heterocycles. The van der Waals surface area contributed by atoms with Crippen LogP contribution in [0.2, 0.25) is 0 Å². The van der Waals surface area contributed by atoms with Crippen molar-refractivity contribution in [2.75, 3.05) is 4.90 Å². The Bertz CT molecular complexity index is 3430. The summed E-state index contributed by atoms with van der Waals surface area (Å²) in [6.07, 6.45) is 0. The van der Waals surface area contributed by atoms with Crippen LogP contribution in [0.1, 0.15) is 25.0 Å². The molecule has 1 aliphatic carbocycles. The molecule has 9 aromatic carbocycles. The first-order valence-electron chi connectivity index (χ1n) is 20.4. The zero-order valence-corrected chi connectivity index (χ0v) is 33.1. The maximum atomic E-state index is 7.43. The van der Waals surface area contributed by atoms with Crippen molar-refractivity contribution in [3.05, 3.63) is 211 Å². The van der Waals surface area contributed by atoms with Gasteiger partial charge in [-0.05, 0) is 117 Å². The van der Waals surface area contributed by atoms with Crippen LogP contribution in [-0.2, 0) is 5.41 Å². The molecule has 282 valence electrons. The minimum absolute atomic E-state index is 0.137. The Labute approximate surface area is 348 Å². The third-order valence-electron chi connectivity index (χ3n) is 12.8. The monoisotopic (exact) mass is 767 g/mol. The van der Waals surface area contributed by atoms with E-state index >= 15 is 0 Å². The molecule has 0 fully saturated rings. The highest BCUT2D eigenvalue weighted by atomic mass is 16.5. The van der Waals surface area contributed by atoms with Gasteiger partial charge in [0.25, 0.3) is 0 Å². The fourth-order valence-electron chi connectivity index (χ4n) is 9.88. The van der Waals surface area contributed by atoms with Crippen LogP contribution in [0.15, 0.2) is 188 Å². The van der Waals surface area contributed by atoms with E-state index in [0.717, 1.165) is 67.4 Å². The predicted molar refractivity (Wildman–Crippen MR) is 248 cm³/mol. The van der Waals surface area contributed by atoms with Crippen LogP contribution < -0.4 is 9.64 Å². The summed E-state index contributed by atoms with van der Waals surface area (Å²) in [5.74, 6) is 1.74. The molecular weight excluding hydrogens is 731 g/mol. The minimum Gasteiger partial charge on any atom is -0.456 e. The Balaban J connectivity index is 0.979. The summed E-state index contributed by atoms with van der Waals surface area (Å²) in [5, 5.41) is 4.73. The van der Waals surface area contributed by atoms with E-state index in [9.17, 15) is 0 Å². The van der Waals surface area contributed by atoms with Gasteiger partial charge in [-0.25, -0.2) is 4.85 Å². The summed E-state index contributed by atoms with van der Waals surface area (Å²) in [4.78, 5) is 5.97. The molecule has 60 heavy (non-hydrogen) atoms. The highest BCUT2D eigenvalue weighted by Gasteiger charge is 2.36. The first-order valence-corrected chi connectivity index (χ1v) is 20.4. The third kappa shape index (κ3) is 5.03. The quantitative estimate of drug-likeness (QED) is 0.163. The van der Waals surface area contributed by atoms with E-state index in [2.05, 4.69) is 192 Å². The second-order valence-corrected chi connectivity index (χ2v) is 16.4. The molecule has 0 bridgehead atoms. The molecule has 1 aliphatic heterocycles. The van der Waals surface area contributed by atoms with E-state index in [-0.39, 0.29) is 5.41 Å². The van der Waals surface area contributed by atoms with E-state index in [1.165, 1.54) is 44.0 Å². The van der Waals surface area contributed by atoms with Gasteiger partial charge in [-0.1, -0.05) is 123 Å². The molecule has 4 heteroatoms. The maximum Gasteiger partial charge on any atom is 0.187 e. The average Bonchev–Trinajstić information content (AvgIpc) is 3.74. The number of fused-ring (bicyclic) bond motifs is 8. The molecule has 0 amide bonds. The van der Waals surface area contributed by atoms with Crippen molar-refractivity contribution >= 4 is 55.3 Å². The molecule has 1 aromatic heterocycles. The summed E-state index contributed by atoms with van der Waals surface area (Å²) in [5.41, 5.74) is 16.9. The van der Waals surface area contributed by atoms with Crippen molar-refractivity contribution in [3.8, 4) is 50.6 Å². The van der Waals surface area contributed by atoms with Crippen molar-refractivity contribution in [2.24, 2.45) is 0 Å². The number of anilines is 3. The highest BCUT2D eigenvalue weighted by molar-refractivity contribution is 6.10. The maximum absolute atomic E-state index is 7.43. The van der Waals surface area contributed by atoms with E-state index < -0.39 is 0 Å². The van der Waals surface area contributed by atoms with Gasteiger partial charge >= 0.3 is 0 Å². The van der Waals surface area contributed by atoms with Gasteiger partial charge in [-0.3, -0.25) is 0 Å². The van der Waals surface area contributed by atoms with Crippen LogP contribution in [0.25, 0.3) is 76.5 Å². The van der Waals surface area contributed by atoms with Gasteiger partial charge in [0.1, 0.15) is 11.5 Å². The Kier molecular flexibility index (Phi) is 7.30. The van der Waals surface area contributed by atoms with Crippen LogP contribution in [-0.4, -0.2) is 4.57 Å². The summed E-state index contributed by atoms with van der Waals surface area (Å²) < 4.78 is 9.00. The van der Waals surface area contributed by atoms with E-state index in [1.54, 1.807) is 0 Å². The molecule has 0 saturated heterocycles. The molecule has 0 N–H and O–H groups in total. The van der Waals surface area contributed by atoms with Gasteiger partial charge in [-0.15, -0.1) is 0 Å². The summed E-state index contributed by atoms with van der Waals surface area (Å²) in [6.45, 7) is 12.1. The number of nitrogens with zero attached hydrogens (tertiary/aromatic N) is 3. The Morgan fingerprint density at radius 2 is 1.17 bits per heavy atom. The lowest BCUT2D eigenvalue weighted by molar-refractivity contribution is 0.487. The van der Waals surface area contributed by atoms with E-state index in [4.69, 9.17) is 11.3 Å². The second kappa shape index (κ2) is 12.8. The second-order valence-electron chi connectivity index (χ2n) is 16.4. The third-order valence-corrected chi connectivity index (χ3v) is 12.8. The molecule has 2 aliphatic rings. The zero-order chi connectivity index (χ0) is 40.1. The SMILES string of the molecule is [C-]#[N+]c1ccc(-n2c3ccccc3c3cc(-c4ccc(N(c5ccc6c(c5)Oc5cccc7cccc-6c57)c5ccc6c(c5)C(C)(C)c5ccccc5-6)cc4)ccc32)cc1. The zero-order valence-electron chi connectivity index (χ0n) is 33.1. The molecule has 0 saturated carbocycles. The smallest absolute Gasteiger partial charge is 0.187 e. The van der Waals surface area contributed by atoms with Gasteiger partial charge in [0.15, 0.2) is 5.69 Å². The summed E-state index contributed by atoms with van der Waals surface area (Å²) >= 11 is 0. The normalized spacial score (nSPS) is 13.1. The molecule has 0 spiro atoms. The fraction of sp³-hybridized carbons (Fsp3) is 0.0536. The molecule has 12 rings (SSSR count). The molecule has 10 aromatic rings. The standard InChI is InChI=1S/C56H37N3O/c1-56(2)49-15-6-4-12-43(49)44-29-27-41(33-50(44)56)58(42-28-30-46-47-14-8-10-36-11-9-17-53(55(36)47)60-54(46)34-42)39-23-18-35(19-24-39)37-20-31-52-48(32-37)45-13-5-7-16-51(45)59(52)40-25-21-38(57-3)22-26-40/h4-34H,1-2H3. The van der Waals surface area contributed by atoms with Crippen LogP contribution in [0.3, 0.4) is 0 Å². The lowest BCUT2D eigenvalue weighted by Crippen LogP contribution is -2.16. The van der Waals surface area contributed by atoms with Crippen LogP contribution in [0, 0.1) is 6.57 Å². The van der Waals surface area contributed by atoms with E-state index in [1.807, 2.05) is 24.3 Å². The Morgan fingerprint density at radius 1 is 0.500 bits per heavy atom. The van der Waals surface area contributed by atoms with Crippen molar-refractivity contribution in [1.82, 2.24) is 4.57 Å². The Hall–Kier alpha value is -7.87. The molecule has 0 unspecified atom stereocenters. The summed E-state index contributed by atoms with van der Waals surface area (Å²) in [7, 11) is 0. The number of para-hydroxylation sites is 1. The molecule has 4 nitrogen and oxygen atoms in total. The van der Waals surface area contributed by atoms with Gasteiger partial charge in [0, 0.05) is 56.0 Å². The largest absolute Gasteiger partial charge is 0.456 e. The summed E-state index contributed by atoms with van der Waals surface area (Å²) in [6, 6.07) is 67.3. The molecule has 0 atom stereocenters.